The van der Waals surface area contributed by atoms with E-state index < -0.39 is 46.9 Å². The summed E-state index contributed by atoms with van der Waals surface area (Å²) in [5, 5.41) is 0. The lowest BCUT2D eigenvalue weighted by molar-refractivity contribution is -0.154. The summed E-state index contributed by atoms with van der Waals surface area (Å²) < 4.78 is 10.1. The predicted octanol–water partition coefficient (Wildman–Crippen LogP) is 2.30. The maximum atomic E-state index is 13.8. The van der Waals surface area contributed by atoms with Gasteiger partial charge in [-0.3, -0.25) is 14.4 Å². The molecule has 2 heterocycles. The summed E-state index contributed by atoms with van der Waals surface area (Å²) in [7, 11) is 2.40. The lowest BCUT2D eigenvalue weighted by Crippen LogP contribution is -2.51. The van der Waals surface area contributed by atoms with Crippen molar-refractivity contribution in [3.8, 4) is 0 Å². The molecule has 0 radical (unpaired) electrons. The number of fused-ring (bicyclic) bond motifs is 5. The number of esters is 2. The van der Waals surface area contributed by atoms with Gasteiger partial charge in [0.1, 0.15) is 17.4 Å². The maximum absolute atomic E-state index is 13.8. The van der Waals surface area contributed by atoms with Crippen LogP contribution in [-0.2, 0) is 19.1 Å². The molecule has 2 aliphatic heterocycles. The van der Waals surface area contributed by atoms with Gasteiger partial charge in [0, 0.05) is 16.8 Å². The van der Waals surface area contributed by atoms with E-state index in [2.05, 4.69) is 0 Å². The Morgan fingerprint density at radius 2 is 1.45 bits per heavy atom. The Morgan fingerprint density at radius 3 is 2.06 bits per heavy atom. The Labute approximate surface area is 178 Å². The van der Waals surface area contributed by atoms with Crippen LogP contribution in [0.2, 0.25) is 0 Å². The number of ether oxygens (including phenoxy) is 2. The van der Waals surface area contributed by atoms with Gasteiger partial charge >= 0.3 is 11.9 Å². The molecule has 5 rings (SSSR count). The van der Waals surface area contributed by atoms with Crippen LogP contribution in [0.5, 0.6) is 0 Å². The molecular formula is C24H19NO6. The summed E-state index contributed by atoms with van der Waals surface area (Å²) in [5.74, 6) is -3.83. The number of nitrogens with zero attached hydrogens (tertiary/aromatic N) is 1. The van der Waals surface area contributed by atoms with Crippen LogP contribution < -0.4 is 4.90 Å². The van der Waals surface area contributed by atoms with Crippen molar-refractivity contribution in [1.29, 1.82) is 0 Å². The van der Waals surface area contributed by atoms with E-state index in [0.717, 1.165) is 5.56 Å². The van der Waals surface area contributed by atoms with E-state index in [4.69, 9.17) is 9.47 Å². The molecule has 0 saturated carbocycles. The minimum absolute atomic E-state index is 0.249. The Balaban J connectivity index is 1.83. The van der Waals surface area contributed by atoms with Crippen LogP contribution in [-0.4, -0.2) is 49.8 Å². The molecule has 2 aromatic rings. The van der Waals surface area contributed by atoms with Gasteiger partial charge in [0.25, 0.3) is 0 Å². The number of hydrogen-bond donors (Lipinski definition) is 0. The molecule has 7 heteroatoms. The van der Waals surface area contributed by atoms with Gasteiger partial charge in [0.2, 0.25) is 0 Å². The van der Waals surface area contributed by atoms with Crippen LogP contribution in [0.4, 0.5) is 5.69 Å². The minimum Gasteiger partial charge on any atom is -0.469 e. The van der Waals surface area contributed by atoms with Crippen LogP contribution in [0.15, 0.2) is 54.6 Å². The Bertz CT molecular complexity index is 1150. The number of carbonyl (C=O) groups excluding carboxylic acids is 4. The van der Waals surface area contributed by atoms with Crippen molar-refractivity contribution in [1.82, 2.24) is 0 Å². The van der Waals surface area contributed by atoms with Gasteiger partial charge in [0.05, 0.1) is 20.3 Å². The smallest absolute Gasteiger partial charge is 0.329 e. The Hall–Kier alpha value is -3.74. The minimum atomic E-state index is -1.82. The zero-order valence-corrected chi connectivity index (χ0v) is 16.9. The highest BCUT2D eigenvalue weighted by Crippen LogP contribution is 2.57. The average Bonchev–Trinajstić information content (AvgIpc) is 3.25. The highest BCUT2D eigenvalue weighted by molar-refractivity contribution is 6.32. The van der Waals surface area contributed by atoms with Crippen molar-refractivity contribution in [3.05, 3.63) is 71.3 Å². The summed E-state index contributed by atoms with van der Waals surface area (Å²) >= 11 is 0. The molecule has 1 saturated heterocycles. The first-order valence-electron chi connectivity index (χ1n) is 9.88. The van der Waals surface area contributed by atoms with E-state index in [1.165, 1.54) is 14.2 Å². The van der Waals surface area contributed by atoms with Crippen LogP contribution in [0.3, 0.4) is 0 Å². The molecule has 3 atom stereocenters. The monoisotopic (exact) mass is 417 g/mol. The predicted molar refractivity (Wildman–Crippen MR) is 111 cm³/mol. The summed E-state index contributed by atoms with van der Waals surface area (Å²) in [6.45, 7) is 0. The van der Waals surface area contributed by atoms with Crippen molar-refractivity contribution in [2.75, 3.05) is 19.1 Å². The first kappa shape index (κ1) is 19.2. The number of anilines is 1. The number of methoxy groups -OCH3 is 2. The third-order valence-electron chi connectivity index (χ3n) is 6.61. The molecule has 1 spiro atoms. The standard InChI is InChI=1S/C24H19NO6/c1-30-22(28)18-19(23(29)31-2)25-16-10-6-3-7-13(16)11-12-17(25)24(18)20(26)14-8-4-5-9-15(14)21(24)27/h3-12,17-19H,1-2H3/t17-,18+,19+/m0/s1. The van der Waals surface area contributed by atoms with Crippen molar-refractivity contribution >= 4 is 35.3 Å². The first-order valence-corrected chi connectivity index (χ1v) is 9.88. The number of Topliss-reactive ketones (excluding diaryl/α,β-unsaturated/α-hetero) is 2. The van der Waals surface area contributed by atoms with Crippen molar-refractivity contribution in [2.45, 2.75) is 12.1 Å². The van der Waals surface area contributed by atoms with E-state index in [1.54, 1.807) is 47.4 Å². The lowest BCUT2D eigenvalue weighted by atomic mass is 9.67. The molecule has 0 unspecified atom stereocenters. The molecule has 7 nitrogen and oxygen atoms in total. The Kier molecular flexibility index (Phi) is 4.12. The first-order chi connectivity index (χ1) is 15.0. The van der Waals surface area contributed by atoms with E-state index in [-0.39, 0.29) is 11.1 Å². The second-order valence-corrected chi connectivity index (χ2v) is 7.81. The second-order valence-electron chi connectivity index (χ2n) is 7.81. The third kappa shape index (κ3) is 2.23. The molecular weight excluding hydrogens is 398 g/mol. The van der Waals surface area contributed by atoms with Crippen LogP contribution in [0.25, 0.3) is 6.08 Å². The fourth-order valence-electron chi connectivity index (χ4n) is 5.38. The van der Waals surface area contributed by atoms with E-state index in [1.807, 2.05) is 18.2 Å². The van der Waals surface area contributed by atoms with Crippen LogP contribution in [0.1, 0.15) is 26.3 Å². The van der Waals surface area contributed by atoms with E-state index in [0.29, 0.717) is 5.69 Å². The number of hydrogen-bond acceptors (Lipinski definition) is 7. The van der Waals surface area contributed by atoms with Crippen LogP contribution >= 0.6 is 0 Å². The summed E-state index contributed by atoms with van der Waals surface area (Å²) in [6.07, 6.45) is 3.54. The number of rotatable bonds is 2. The fraction of sp³-hybridized carbons (Fsp3) is 0.250. The molecule has 3 aliphatic rings. The van der Waals surface area contributed by atoms with Gasteiger partial charge in [-0.25, -0.2) is 4.79 Å². The molecule has 0 bridgehead atoms. The fourth-order valence-corrected chi connectivity index (χ4v) is 5.38. The molecule has 0 N–H and O–H groups in total. The van der Waals surface area contributed by atoms with Crippen molar-refractivity contribution < 1.29 is 28.7 Å². The summed E-state index contributed by atoms with van der Waals surface area (Å²) in [4.78, 5) is 55.5. The van der Waals surface area contributed by atoms with Crippen LogP contribution in [0, 0.1) is 11.3 Å². The molecule has 0 aromatic heterocycles. The van der Waals surface area contributed by atoms with Crippen molar-refractivity contribution in [3.63, 3.8) is 0 Å². The summed E-state index contributed by atoms with van der Waals surface area (Å²) in [5.41, 5.74) is 0.134. The third-order valence-corrected chi connectivity index (χ3v) is 6.61. The highest BCUT2D eigenvalue weighted by atomic mass is 16.5. The quantitative estimate of drug-likeness (QED) is 0.547. The molecule has 1 aliphatic carbocycles. The average molecular weight is 417 g/mol. The zero-order valence-electron chi connectivity index (χ0n) is 16.9. The number of benzene rings is 2. The second kappa shape index (κ2) is 6.63. The van der Waals surface area contributed by atoms with Gasteiger partial charge < -0.3 is 14.4 Å². The van der Waals surface area contributed by atoms with E-state index >= 15 is 0 Å². The molecule has 2 aromatic carbocycles. The van der Waals surface area contributed by atoms with Gasteiger partial charge in [-0.05, 0) is 11.6 Å². The number of ketones is 2. The molecule has 0 amide bonds. The summed E-state index contributed by atoms with van der Waals surface area (Å²) in [6, 6.07) is 11.8. The van der Waals surface area contributed by atoms with Crippen molar-refractivity contribution in [2.24, 2.45) is 11.3 Å². The molecule has 156 valence electrons. The topological polar surface area (TPSA) is 90.0 Å². The number of para-hydroxylation sites is 1. The zero-order chi connectivity index (χ0) is 21.9. The molecule has 1 fully saturated rings. The largest absolute Gasteiger partial charge is 0.469 e. The van der Waals surface area contributed by atoms with Gasteiger partial charge in [0.15, 0.2) is 11.6 Å². The van der Waals surface area contributed by atoms with Gasteiger partial charge in [-0.15, -0.1) is 0 Å². The SMILES string of the molecule is COC(=O)[C@H]1[C@H](C(=O)OC)C2(C(=O)c3ccccc3C2=O)[C@@H]2C=Cc3ccccc3N21. The molecule has 31 heavy (non-hydrogen) atoms. The van der Waals surface area contributed by atoms with Gasteiger partial charge in [-0.2, -0.15) is 0 Å². The number of carbonyl (C=O) groups is 4. The normalized spacial score (nSPS) is 24.6. The van der Waals surface area contributed by atoms with Gasteiger partial charge in [-0.1, -0.05) is 54.6 Å². The lowest BCUT2D eigenvalue weighted by Gasteiger charge is -2.36. The van der Waals surface area contributed by atoms with E-state index in [9.17, 15) is 19.2 Å². The Morgan fingerprint density at radius 1 is 0.871 bits per heavy atom. The maximum Gasteiger partial charge on any atom is 0.329 e. The highest BCUT2D eigenvalue weighted by Gasteiger charge is 2.74.